The molecule has 16 heavy (non-hydrogen) atoms. The van der Waals surface area contributed by atoms with E-state index >= 15 is 0 Å². The molecule has 0 aliphatic carbocycles. The van der Waals surface area contributed by atoms with E-state index in [4.69, 9.17) is 9.84 Å². The van der Waals surface area contributed by atoms with E-state index in [1.54, 1.807) is 0 Å². The van der Waals surface area contributed by atoms with E-state index in [1.165, 1.54) is 0 Å². The summed E-state index contributed by atoms with van der Waals surface area (Å²) in [6.07, 6.45) is -0.298. The number of aliphatic hydroxyl groups is 1. The zero-order chi connectivity index (χ0) is 11.5. The lowest BCUT2D eigenvalue weighted by molar-refractivity contribution is -0.147. The summed E-state index contributed by atoms with van der Waals surface area (Å²) in [4.78, 5) is 10.6. The van der Waals surface area contributed by atoms with Crippen LogP contribution >= 0.6 is 0 Å². The van der Waals surface area contributed by atoms with E-state index in [-0.39, 0.29) is 12.3 Å². The molecule has 0 saturated carbocycles. The molecule has 1 aliphatic heterocycles. The van der Waals surface area contributed by atoms with Crippen molar-refractivity contribution < 1.29 is 19.7 Å². The van der Waals surface area contributed by atoms with Crippen LogP contribution in [-0.2, 0) is 4.79 Å². The van der Waals surface area contributed by atoms with Gasteiger partial charge in [0.05, 0.1) is 6.61 Å². The van der Waals surface area contributed by atoms with Crippen molar-refractivity contribution in [1.82, 2.24) is 0 Å². The largest absolute Gasteiger partial charge is 0.493 e. The van der Waals surface area contributed by atoms with Gasteiger partial charge in [-0.25, -0.2) is 4.79 Å². The summed E-state index contributed by atoms with van der Waals surface area (Å²) in [5, 5.41) is 18.0. The molecule has 0 spiro atoms. The number of carboxylic acid groups (broad SMARTS) is 1. The third kappa shape index (κ3) is 2.17. The highest BCUT2D eigenvalue weighted by Gasteiger charge is 2.26. The molecule has 2 N–H and O–H groups in total. The maximum atomic E-state index is 10.6. The standard InChI is InChI=1S/C12H14O4/c13-10(12(14)15)7-8-5-6-16-11-4-2-1-3-9(8)11/h1-4,8,10,13H,5-7H2,(H,14,15). The normalized spacial score (nSPS) is 20.7. The van der Waals surface area contributed by atoms with Gasteiger partial charge in [-0.3, -0.25) is 0 Å². The number of carbonyl (C=O) groups is 1. The maximum absolute atomic E-state index is 10.6. The van der Waals surface area contributed by atoms with E-state index in [2.05, 4.69) is 0 Å². The van der Waals surface area contributed by atoms with Crippen LogP contribution in [0.2, 0.25) is 0 Å². The zero-order valence-corrected chi connectivity index (χ0v) is 8.80. The van der Waals surface area contributed by atoms with Crippen molar-refractivity contribution in [1.29, 1.82) is 0 Å². The van der Waals surface area contributed by atoms with Crippen molar-refractivity contribution in [2.45, 2.75) is 24.9 Å². The van der Waals surface area contributed by atoms with Crippen molar-refractivity contribution in [3.63, 3.8) is 0 Å². The van der Waals surface area contributed by atoms with E-state index in [0.717, 1.165) is 17.7 Å². The summed E-state index contributed by atoms with van der Waals surface area (Å²) in [5.74, 6) is -0.295. The Bertz CT molecular complexity index is 388. The second-order valence-corrected chi connectivity index (χ2v) is 3.96. The summed E-state index contributed by atoms with van der Waals surface area (Å²) in [6, 6.07) is 7.57. The average Bonchev–Trinajstić information content (AvgIpc) is 2.29. The topological polar surface area (TPSA) is 66.8 Å². The van der Waals surface area contributed by atoms with Gasteiger partial charge in [-0.1, -0.05) is 18.2 Å². The molecule has 1 aromatic rings. The van der Waals surface area contributed by atoms with Gasteiger partial charge in [-0.05, 0) is 30.4 Å². The Morgan fingerprint density at radius 3 is 3.00 bits per heavy atom. The molecule has 1 aromatic carbocycles. The van der Waals surface area contributed by atoms with E-state index < -0.39 is 12.1 Å². The third-order valence-electron chi connectivity index (χ3n) is 2.88. The quantitative estimate of drug-likeness (QED) is 0.811. The minimum atomic E-state index is -1.30. The zero-order valence-electron chi connectivity index (χ0n) is 8.80. The molecular weight excluding hydrogens is 208 g/mol. The molecule has 0 radical (unpaired) electrons. The van der Waals surface area contributed by atoms with Gasteiger partial charge >= 0.3 is 5.97 Å². The molecule has 86 valence electrons. The Hall–Kier alpha value is -1.55. The number of aliphatic hydroxyl groups excluding tert-OH is 1. The van der Waals surface area contributed by atoms with Crippen molar-refractivity contribution in [3.8, 4) is 5.75 Å². The molecule has 0 amide bonds. The summed E-state index contributed by atoms with van der Waals surface area (Å²) in [5.41, 5.74) is 0.994. The van der Waals surface area contributed by atoms with Gasteiger partial charge in [0.1, 0.15) is 5.75 Å². The van der Waals surface area contributed by atoms with Crippen LogP contribution in [0.25, 0.3) is 0 Å². The molecule has 4 nitrogen and oxygen atoms in total. The summed E-state index contributed by atoms with van der Waals surface area (Å²) in [6.45, 7) is 0.577. The number of para-hydroxylation sites is 1. The Labute approximate surface area is 93.5 Å². The van der Waals surface area contributed by atoms with Gasteiger partial charge < -0.3 is 14.9 Å². The number of carboxylic acids is 1. The van der Waals surface area contributed by atoms with Gasteiger partial charge in [-0.2, -0.15) is 0 Å². The molecule has 2 atom stereocenters. The lowest BCUT2D eigenvalue weighted by atomic mass is 9.88. The molecule has 0 saturated heterocycles. The molecule has 0 bridgehead atoms. The van der Waals surface area contributed by atoms with Crippen molar-refractivity contribution >= 4 is 5.97 Å². The predicted molar refractivity (Wildman–Crippen MR) is 57.6 cm³/mol. The Balaban J connectivity index is 2.16. The number of fused-ring (bicyclic) bond motifs is 1. The number of hydrogen-bond acceptors (Lipinski definition) is 3. The van der Waals surface area contributed by atoms with E-state index in [0.29, 0.717) is 6.61 Å². The molecule has 2 rings (SSSR count). The first-order chi connectivity index (χ1) is 7.68. The van der Waals surface area contributed by atoms with Gasteiger partial charge in [0, 0.05) is 0 Å². The van der Waals surface area contributed by atoms with Crippen LogP contribution in [0.5, 0.6) is 5.75 Å². The number of aliphatic carboxylic acids is 1. The first-order valence-electron chi connectivity index (χ1n) is 5.31. The number of ether oxygens (including phenoxy) is 1. The summed E-state index contributed by atoms with van der Waals surface area (Å²) >= 11 is 0. The highest BCUT2D eigenvalue weighted by molar-refractivity contribution is 5.72. The molecule has 1 aliphatic rings. The van der Waals surface area contributed by atoms with E-state index in [9.17, 15) is 9.90 Å². The Morgan fingerprint density at radius 1 is 1.50 bits per heavy atom. The highest BCUT2D eigenvalue weighted by Crippen LogP contribution is 2.36. The number of rotatable bonds is 3. The molecule has 2 unspecified atom stereocenters. The van der Waals surface area contributed by atoms with Crippen molar-refractivity contribution in [3.05, 3.63) is 29.8 Å². The first-order valence-corrected chi connectivity index (χ1v) is 5.31. The predicted octanol–water partition coefficient (Wildman–Crippen LogP) is 1.39. The highest BCUT2D eigenvalue weighted by atomic mass is 16.5. The lowest BCUT2D eigenvalue weighted by Crippen LogP contribution is -2.25. The van der Waals surface area contributed by atoms with Crippen LogP contribution < -0.4 is 4.74 Å². The second-order valence-electron chi connectivity index (χ2n) is 3.96. The van der Waals surface area contributed by atoms with Gasteiger partial charge in [-0.15, -0.1) is 0 Å². The van der Waals surface area contributed by atoms with Crippen LogP contribution in [0.1, 0.15) is 24.3 Å². The van der Waals surface area contributed by atoms with Crippen LogP contribution in [-0.4, -0.2) is 28.9 Å². The third-order valence-corrected chi connectivity index (χ3v) is 2.88. The summed E-state index contributed by atoms with van der Waals surface area (Å²) < 4.78 is 5.47. The molecule has 1 heterocycles. The lowest BCUT2D eigenvalue weighted by Gasteiger charge is -2.26. The molecular formula is C12H14O4. The second kappa shape index (κ2) is 4.53. The van der Waals surface area contributed by atoms with Gasteiger partial charge in [0.15, 0.2) is 6.10 Å². The fourth-order valence-electron chi connectivity index (χ4n) is 2.03. The minimum Gasteiger partial charge on any atom is -0.493 e. The molecule has 4 heteroatoms. The van der Waals surface area contributed by atoms with E-state index in [1.807, 2.05) is 24.3 Å². The van der Waals surface area contributed by atoms with Crippen molar-refractivity contribution in [2.24, 2.45) is 0 Å². The van der Waals surface area contributed by atoms with Crippen LogP contribution in [0.15, 0.2) is 24.3 Å². The van der Waals surface area contributed by atoms with Gasteiger partial charge in [0.2, 0.25) is 0 Å². The Kier molecular flexibility index (Phi) is 3.10. The number of benzene rings is 1. The first kappa shape index (κ1) is 11.0. The van der Waals surface area contributed by atoms with Gasteiger partial charge in [0.25, 0.3) is 0 Å². The van der Waals surface area contributed by atoms with Crippen LogP contribution in [0.3, 0.4) is 0 Å². The van der Waals surface area contributed by atoms with Crippen LogP contribution in [0, 0.1) is 0 Å². The molecule has 0 fully saturated rings. The number of hydrogen-bond donors (Lipinski definition) is 2. The fraction of sp³-hybridized carbons (Fsp3) is 0.417. The van der Waals surface area contributed by atoms with Crippen molar-refractivity contribution in [2.75, 3.05) is 6.61 Å². The smallest absolute Gasteiger partial charge is 0.332 e. The average molecular weight is 222 g/mol. The summed E-state index contributed by atoms with van der Waals surface area (Å²) in [7, 11) is 0. The maximum Gasteiger partial charge on any atom is 0.332 e. The monoisotopic (exact) mass is 222 g/mol. The van der Waals surface area contributed by atoms with Crippen LogP contribution in [0.4, 0.5) is 0 Å². The SMILES string of the molecule is O=C(O)C(O)CC1CCOc2ccccc21. The molecule has 0 aromatic heterocycles. The minimum absolute atomic E-state index is 0.0658. The Morgan fingerprint density at radius 2 is 2.25 bits per heavy atom. The fourth-order valence-corrected chi connectivity index (χ4v) is 2.03.